The molecule has 0 aromatic carbocycles. The topological polar surface area (TPSA) is 69.8 Å². The van der Waals surface area contributed by atoms with E-state index in [2.05, 4.69) is 18.7 Å². The van der Waals surface area contributed by atoms with Crippen molar-refractivity contribution in [2.45, 2.75) is 39.5 Å². The van der Waals surface area contributed by atoms with Crippen LogP contribution in [0.3, 0.4) is 0 Å². The number of hydrogen-bond donors (Lipinski definition) is 2. The van der Waals surface area contributed by atoms with Gasteiger partial charge in [-0.15, -0.1) is 0 Å². The number of carbonyl (C=O) groups is 1. The predicted octanol–water partition coefficient (Wildman–Crippen LogP) is 0.996. The molecule has 0 radical (unpaired) electrons. The van der Waals surface area contributed by atoms with Crippen molar-refractivity contribution in [3.8, 4) is 0 Å². The van der Waals surface area contributed by atoms with Crippen molar-refractivity contribution in [2.24, 2.45) is 11.1 Å². The highest BCUT2D eigenvalue weighted by Gasteiger charge is 2.43. The van der Waals surface area contributed by atoms with Crippen LogP contribution in [0.25, 0.3) is 0 Å². The number of rotatable bonds is 8. The van der Waals surface area contributed by atoms with E-state index in [0.29, 0.717) is 24.6 Å². The standard InChI is InChI=1S/C15H29N3O2S/c1-3-5-15(6-4-2,13(16)21)14(20)18-9-7-17(8-10-18)11-12-19/h19H,3-12H2,1-2H3,(H2,16,21). The van der Waals surface area contributed by atoms with Crippen LogP contribution in [-0.4, -0.2) is 65.1 Å². The summed E-state index contributed by atoms with van der Waals surface area (Å²) in [5.74, 6) is 0.0994. The van der Waals surface area contributed by atoms with E-state index >= 15 is 0 Å². The summed E-state index contributed by atoms with van der Waals surface area (Å²) >= 11 is 5.26. The van der Waals surface area contributed by atoms with Gasteiger partial charge in [-0.25, -0.2) is 0 Å². The van der Waals surface area contributed by atoms with Crippen LogP contribution in [0.4, 0.5) is 0 Å². The third-order valence-electron chi connectivity index (χ3n) is 4.31. The Hall–Kier alpha value is -0.720. The van der Waals surface area contributed by atoms with Crippen molar-refractivity contribution in [3.63, 3.8) is 0 Å². The van der Waals surface area contributed by atoms with Crippen molar-refractivity contribution in [1.82, 2.24) is 9.80 Å². The van der Waals surface area contributed by atoms with E-state index in [9.17, 15) is 4.79 Å². The molecule has 5 nitrogen and oxygen atoms in total. The molecule has 1 heterocycles. The van der Waals surface area contributed by atoms with Gasteiger partial charge in [-0.05, 0) is 12.8 Å². The lowest BCUT2D eigenvalue weighted by Crippen LogP contribution is -2.56. The Labute approximate surface area is 133 Å². The average Bonchev–Trinajstić information content (AvgIpc) is 2.47. The number of piperazine rings is 1. The Morgan fingerprint density at radius 2 is 1.71 bits per heavy atom. The first-order valence-electron chi connectivity index (χ1n) is 7.94. The molecule has 1 aliphatic rings. The number of thiocarbonyl (C=S) groups is 1. The fourth-order valence-electron chi connectivity index (χ4n) is 3.16. The molecule has 3 N–H and O–H groups in total. The SMILES string of the molecule is CCCC(CCC)(C(=O)N1CCN(CCO)CC1)C(N)=S. The van der Waals surface area contributed by atoms with E-state index in [4.69, 9.17) is 23.1 Å². The monoisotopic (exact) mass is 315 g/mol. The maximum atomic E-state index is 13.0. The highest BCUT2D eigenvalue weighted by Crippen LogP contribution is 2.33. The zero-order valence-corrected chi connectivity index (χ0v) is 14.1. The number of nitrogens with two attached hydrogens (primary N) is 1. The largest absolute Gasteiger partial charge is 0.395 e. The maximum absolute atomic E-state index is 13.0. The van der Waals surface area contributed by atoms with Crippen LogP contribution in [0.5, 0.6) is 0 Å². The molecule has 1 aliphatic heterocycles. The molecule has 21 heavy (non-hydrogen) atoms. The summed E-state index contributed by atoms with van der Waals surface area (Å²) in [7, 11) is 0. The fraction of sp³-hybridized carbons (Fsp3) is 0.867. The van der Waals surface area contributed by atoms with E-state index in [1.807, 2.05) is 4.90 Å². The number of aliphatic hydroxyl groups is 1. The van der Waals surface area contributed by atoms with Gasteiger partial charge in [-0.3, -0.25) is 9.69 Å². The molecule has 0 spiro atoms. The molecule has 1 saturated heterocycles. The number of nitrogens with zero attached hydrogens (tertiary/aromatic N) is 2. The molecular weight excluding hydrogens is 286 g/mol. The molecule has 1 rings (SSSR count). The molecule has 1 fully saturated rings. The van der Waals surface area contributed by atoms with Crippen LogP contribution < -0.4 is 5.73 Å². The van der Waals surface area contributed by atoms with E-state index in [-0.39, 0.29) is 12.5 Å². The Bertz CT molecular complexity index is 349. The predicted molar refractivity (Wildman–Crippen MR) is 89.1 cm³/mol. The van der Waals surface area contributed by atoms with Gasteiger partial charge in [-0.2, -0.15) is 0 Å². The van der Waals surface area contributed by atoms with Crippen molar-refractivity contribution in [3.05, 3.63) is 0 Å². The number of hydrogen-bond acceptors (Lipinski definition) is 4. The van der Waals surface area contributed by atoms with Crippen molar-refractivity contribution in [2.75, 3.05) is 39.3 Å². The van der Waals surface area contributed by atoms with Gasteiger partial charge >= 0.3 is 0 Å². The maximum Gasteiger partial charge on any atom is 0.235 e. The lowest BCUT2D eigenvalue weighted by molar-refractivity contribution is -0.141. The van der Waals surface area contributed by atoms with Gasteiger partial charge < -0.3 is 15.7 Å². The zero-order valence-electron chi connectivity index (χ0n) is 13.3. The van der Waals surface area contributed by atoms with Gasteiger partial charge in [0.2, 0.25) is 5.91 Å². The lowest BCUT2D eigenvalue weighted by atomic mass is 9.77. The summed E-state index contributed by atoms with van der Waals surface area (Å²) in [6.45, 7) is 7.95. The molecular formula is C15H29N3O2S. The van der Waals surface area contributed by atoms with Gasteiger partial charge in [0.05, 0.1) is 17.0 Å². The molecule has 1 amide bonds. The van der Waals surface area contributed by atoms with Crippen LogP contribution in [0, 0.1) is 5.41 Å². The number of β-amino-alcohol motifs (C(OH)–C–C–N with tert-alkyl or cyclic N) is 1. The molecule has 0 atom stereocenters. The van der Waals surface area contributed by atoms with E-state index in [1.165, 1.54) is 0 Å². The van der Waals surface area contributed by atoms with Gasteiger partial charge in [0.1, 0.15) is 0 Å². The van der Waals surface area contributed by atoms with Gasteiger partial charge in [0.25, 0.3) is 0 Å². The molecule has 6 heteroatoms. The Kier molecular flexibility index (Phi) is 7.56. The third-order valence-corrected chi connectivity index (χ3v) is 4.70. The summed E-state index contributed by atoms with van der Waals surface area (Å²) in [5, 5.41) is 8.98. The summed E-state index contributed by atoms with van der Waals surface area (Å²) in [6, 6.07) is 0. The van der Waals surface area contributed by atoms with Gasteiger partial charge in [0, 0.05) is 32.7 Å². The second-order valence-electron chi connectivity index (χ2n) is 5.80. The zero-order chi connectivity index (χ0) is 15.9. The summed E-state index contributed by atoms with van der Waals surface area (Å²) in [5.41, 5.74) is 5.30. The van der Waals surface area contributed by atoms with Crippen LogP contribution in [0.2, 0.25) is 0 Å². The molecule has 0 aromatic heterocycles. The molecule has 0 bridgehead atoms. The van der Waals surface area contributed by atoms with Gasteiger partial charge in [-0.1, -0.05) is 38.9 Å². The average molecular weight is 315 g/mol. The molecule has 0 aromatic rings. The summed E-state index contributed by atoms with van der Waals surface area (Å²) in [6.07, 6.45) is 3.25. The van der Waals surface area contributed by atoms with Crippen LogP contribution in [-0.2, 0) is 4.79 Å². The lowest BCUT2D eigenvalue weighted by Gasteiger charge is -2.40. The second-order valence-corrected chi connectivity index (χ2v) is 6.24. The Morgan fingerprint density at radius 3 is 2.10 bits per heavy atom. The molecule has 0 unspecified atom stereocenters. The Balaban J connectivity index is 2.79. The van der Waals surface area contributed by atoms with Crippen molar-refractivity contribution < 1.29 is 9.90 Å². The highest BCUT2D eigenvalue weighted by molar-refractivity contribution is 7.80. The van der Waals surface area contributed by atoms with Crippen LogP contribution in [0.1, 0.15) is 39.5 Å². The van der Waals surface area contributed by atoms with Crippen LogP contribution >= 0.6 is 12.2 Å². The van der Waals surface area contributed by atoms with Gasteiger partial charge in [0.15, 0.2) is 0 Å². The highest BCUT2D eigenvalue weighted by atomic mass is 32.1. The normalized spacial score (nSPS) is 17.0. The summed E-state index contributed by atoms with van der Waals surface area (Å²) < 4.78 is 0. The van der Waals surface area contributed by atoms with Crippen LogP contribution in [0.15, 0.2) is 0 Å². The first-order valence-corrected chi connectivity index (χ1v) is 8.35. The third kappa shape index (κ3) is 4.37. The number of carbonyl (C=O) groups excluding carboxylic acids is 1. The molecule has 0 saturated carbocycles. The molecule has 0 aliphatic carbocycles. The van der Waals surface area contributed by atoms with Crippen molar-refractivity contribution in [1.29, 1.82) is 0 Å². The number of aliphatic hydroxyl groups excluding tert-OH is 1. The molecule has 122 valence electrons. The minimum atomic E-state index is -0.669. The quantitative estimate of drug-likeness (QED) is 0.654. The van der Waals surface area contributed by atoms with Crippen molar-refractivity contribution >= 4 is 23.1 Å². The smallest absolute Gasteiger partial charge is 0.235 e. The first kappa shape index (κ1) is 18.3. The second kappa shape index (κ2) is 8.66. The first-order chi connectivity index (χ1) is 10.0. The van der Waals surface area contributed by atoms with E-state index < -0.39 is 5.41 Å². The fourth-order valence-corrected chi connectivity index (χ4v) is 3.45. The minimum absolute atomic E-state index is 0.0994. The number of amides is 1. The van der Waals surface area contributed by atoms with E-state index in [1.54, 1.807) is 0 Å². The van der Waals surface area contributed by atoms with E-state index in [0.717, 1.165) is 38.8 Å². The Morgan fingerprint density at radius 1 is 1.19 bits per heavy atom. The summed E-state index contributed by atoms with van der Waals surface area (Å²) in [4.78, 5) is 17.4. The minimum Gasteiger partial charge on any atom is -0.395 e.